The van der Waals surface area contributed by atoms with Crippen LogP contribution < -0.4 is 10.6 Å². The average Bonchev–Trinajstić information content (AvgIpc) is 3.43. The van der Waals surface area contributed by atoms with E-state index in [-0.39, 0.29) is 29.4 Å². The predicted molar refractivity (Wildman–Crippen MR) is 162 cm³/mol. The number of methoxy groups -OCH3 is 2. The molecule has 1 saturated heterocycles. The van der Waals surface area contributed by atoms with Crippen molar-refractivity contribution in [2.24, 2.45) is 0 Å². The van der Waals surface area contributed by atoms with Gasteiger partial charge in [-0.25, -0.2) is 9.59 Å². The van der Waals surface area contributed by atoms with Crippen molar-refractivity contribution in [3.63, 3.8) is 0 Å². The van der Waals surface area contributed by atoms with Gasteiger partial charge < -0.3 is 24.6 Å². The normalized spacial score (nSPS) is 14.8. The second-order valence-corrected chi connectivity index (χ2v) is 12.3. The standard InChI is InChI=1S/C30H31N3O6S2/c1-38-29(36)27-25(19-11-5-7-13-21(19)40-27)31-23(34)17-33(15-9-3-4-10-16-33)18-24(35)32-26-20-12-6-8-14-22(20)41-28(26)30(37)39-2/h5-8,11-14H,3-4,9-10,15-18H2,1-2H3,(H-,31,32,34,35,36,37)/p+1. The maximum absolute atomic E-state index is 13.6. The van der Waals surface area contributed by atoms with E-state index in [1.54, 1.807) is 0 Å². The second kappa shape index (κ2) is 12.4. The average molecular weight is 595 g/mol. The number of benzene rings is 2. The zero-order chi connectivity index (χ0) is 29.0. The molecule has 0 bridgehead atoms. The van der Waals surface area contributed by atoms with Gasteiger partial charge in [-0.05, 0) is 37.8 Å². The number of likely N-dealkylation sites (tertiary alicyclic amines) is 1. The van der Waals surface area contributed by atoms with Crippen LogP contribution in [0.15, 0.2) is 48.5 Å². The number of quaternary nitrogens is 1. The molecule has 0 spiro atoms. The Kier molecular flexibility index (Phi) is 8.67. The monoisotopic (exact) mass is 594 g/mol. The van der Waals surface area contributed by atoms with Gasteiger partial charge in [0.1, 0.15) is 9.75 Å². The maximum Gasteiger partial charge on any atom is 0.350 e. The molecule has 0 aliphatic carbocycles. The van der Waals surface area contributed by atoms with Gasteiger partial charge in [0.15, 0.2) is 13.1 Å². The lowest BCUT2D eigenvalue weighted by Crippen LogP contribution is -2.56. The smallest absolute Gasteiger partial charge is 0.350 e. The number of rotatable bonds is 8. The summed E-state index contributed by atoms with van der Waals surface area (Å²) in [6, 6.07) is 15.0. The lowest BCUT2D eigenvalue weighted by Gasteiger charge is -2.36. The Morgan fingerprint density at radius 2 is 1.10 bits per heavy atom. The van der Waals surface area contributed by atoms with Gasteiger partial charge in [0, 0.05) is 20.2 Å². The van der Waals surface area contributed by atoms with Crippen LogP contribution in [0.3, 0.4) is 0 Å². The first-order valence-electron chi connectivity index (χ1n) is 13.5. The quantitative estimate of drug-likeness (QED) is 0.201. The van der Waals surface area contributed by atoms with Crippen LogP contribution in [0, 0.1) is 0 Å². The largest absolute Gasteiger partial charge is 0.465 e. The number of thiophene rings is 2. The summed E-state index contributed by atoms with van der Waals surface area (Å²) in [5, 5.41) is 7.50. The molecule has 41 heavy (non-hydrogen) atoms. The van der Waals surface area contributed by atoms with Crippen LogP contribution in [0.1, 0.15) is 45.0 Å². The van der Waals surface area contributed by atoms with Crippen LogP contribution >= 0.6 is 22.7 Å². The molecule has 0 saturated carbocycles. The third-order valence-corrected chi connectivity index (χ3v) is 9.74. The predicted octanol–water partition coefficient (Wildman–Crippen LogP) is 5.66. The zero-order valence-electron chi connectivity index (χ0n) is 23.0. The molecule has 2 N–H and O–H groups in total. The highest BCUT2D eigenvalue weighted by molar-refractivity contribution is 7.22. The minimum absolute atomic E-state index is 0.0758. The van der Waals surface area contributed by atoms with Crippen molar-refractivity contribution in [3.05, 3.63) is 58.3 Å². The summed E-state index contributed by atoms with van der Waals surface area (Å²) in [4.78, 5) is 52.9. The highest BCUT2D eigenvalue weighted by Crippen LogP contribution is 2.37. The Balaban J connectivity index is 1.40. The molecule has 5 rings (SSSR count). The van der Waals surface area contributed by atoms with Gasteiger partial charge in [-0.1, -0.05) is 36.4 Å². The molecule has 2 aromatic heterocycles. The first-order chi connectivity index (χ1) is 19.8. The summed E-state index contributed by atoms with van der Waals surface area (Å²) in [7, 11) is 2.63. The van der Waals surface area contributed by atoms with Gasteiger partial charge in [0.2, 0.25) is 0 Å². The topological polar surface area (TPSA) is 111 Å². The molecule has 9 nitrogen and oxygen atoms in total. The summed E-state index contributed by atoms with van der Waals surface area (Å²) >= 11 is 2.54. The third kappa shape index (κ3) is 6.12. The first kappa shape index (κ1) is 28.7. The molecule has 0 radical (unpaired) electrons. The third-order valence-electron chi connectivity index (χ3n) is 7.43. The fourth-order valence-electron chi connectivity index (χ4n) is 5.51. The van der Waals surface area contributed by atoms with Crippen molar-refractivity contribution >= 4 is 78.0 Å². The summed E-state index contributed by atoms with van der Waals surface area (Å²) < 4.78 is 12.0. The van der Waals surface area contributed by atoms with Crippen molar-refractivity contribution in [2.75, 3.05) is 51.0 Å². The molecule has 11 heteroatoms. The molecule has 1 aliphatic heterocycles. The lowest BCUT2D eigenvalue weighted by molar-refractivity contribution is -0.912. The number of anilines is 2. The molecule has 4 aromatic rings. The molecular formula is C30H32N3O6S2+. The van der Waals surface area contributed by atoms with E-state index in [0.717, 1.165) is 45.9 Å². The first-order valence-corrected chi connectivity index (χ1v) is 15.1. The van der Waals surface area contributed by atoms with E-state index >= 15 is 0 Å². The van der Waals surface area contributed by atoms with Crippen LogP contribution in [0.25, 0.3) is 20.2 Å². The number of nitrogens with one attached hydrogen (secondary N) is 2. The van der Waals surface area contributed by atoms with E-state index in [1.807, 2.05) is 48.5 Å². The van der Waals surface area contributed by atoms with E-state index in [1.165, 1.54) is 36.9 Å². The number of carbonyl (C=O) groups excluding carboxylic acids is 4. The molecule has 1 fully saturated rings. The number of amides is 2. The Labute approximate surface area is 245 Å². The van der Waals surface area contributed by atoms with Crippen LogP contribution in [0.4, 0.5) is 11.4 Å². The number of nitrogens with zero attached hydrogens (tertiary/aromatic N) is 1. The molecule has 3 heterocycles. The Hall–Kier alpha value is -3.80. The molecule has 2 aromatic carbocycles. The van der Waals surface area contributed by atoms with Crippen molar-refractivity contribution in [1.29, 1.82) is 0 Å². The van der Waals surface area contributed by atoms with Crippen LogP contribution in [0.2, 0.25) is 0 Å². The van der Waals surface area contributed by atoms with Crippen LogP contribution in [-0.4, -0.2) is 68.6 Å². The SMILES string of the molecule is COC(=O)c1sc2ccccc2c1NC(=O)C[N+]1(CC(=O)Nc2c(C(=O)OC)sc3ccccc23)CCCCCC1. The lowest BCUT2D eigenvalue weighted by atomic mass is 10.2. The van der Waals surface area contributed by atoms with Gasteiger partial charge in [0.05, 0.1) is 38.7 Å². The Bertz CT molecular complexity index is 1500. The number of hydrogen-bond acceptors (Lipinski definition) is 8. The van der Waals surface area contributed by atoms with E-state index in [9.17, 15) is 19.2 Å². The minimum atomic E-state index is -0.510. The van der Waals surface area contributed by atoms with Crippen molar-refractivity contribution in [2.45, 2.75) is 25.7 Å². The van der Waals surface area contributed by atoms with Crippen molar-refractivity contribution < 1.29 is 33.1 Å². The van der Waals surface area contributed by atoms with Gasteiger partial charge in [-0.2, -0.15) is 0 Å². The summed E-state index contributed by atoms with van der Waals surface area (Å²) in [6.07, 6.45) is 3.85. The van der Waals surface area contributed by atoms with Crippen molar-refractivity contribution in [1.82, 2.24) is 0 Å². The minimum Gasteiger partial charge on any atom is -0.465 e. The highest BCUT2D eigenvalue weighted by atomic mass is 32.1. The number of esters is 2. The molecule has 0 atom stereocenters. The fraction of sp³-hybridized carbons (Fsp3) is 0.333. The van der Waals surface area contributed by atoms with E-state index in [0.29, 0.717) is 34.2 Å². The molecule has 214 valence electrons. The maximum atomic E-state index is 13.6. The highest BCUT2D eigenvalue weighted by Gasteiger charge is 2.35. The molecule has 2 amide bonds. The van der Waals surface area contributed by atoms with Crippen LogP contribution in [0.5, 0.6) is 0 Å². The van der Waals surface area contributed by atoms with Crippen LogP contribution in [-0.2, 0) is 19.1 Å². The number of fused-ring (bicyclic) bond motifs is 2. The van der Waals surface area contributed by atoms with E-state index in [2.05, 4.69) is 10.6 Å². The number of ether oxygens (including phenoxy) is 2. The van der Waals surface area contributed by atoms with Gasteiger partial charge in [-0.3, -0.25) is 9.59 Å². The molecule has 1 aliphatic rings. The van der Waals surface area contributed by atoms with Gasteiger partial charge in [-0.15, -0.1) is 22.7 Å². The van der Waals surface area contributed by atoms with Gasteiger partial charge >= 0.3 is 11.9 Å². The van der Waals surface area contributed by atoms with E-state index < -0.39 is 11.9 Å². The van der Waals surface area contributed by atoms with E-state index in [4.69, 9.17) is 9.47 Å². The second-order valence-electron chi connectivity index (χ2n) is 10.2. The summed E-state index contributed by atoms with van der Waals surface area (Å²) in [5.41, 5.74) is 0.875. The van der Waals surface area contributed by atoms with Crippen molar-refractivity contribution in [3.8, 4) is 0 Å². The Morgan fingerprint density at radius 3 is 1.51 bits per heavy atom. The molecule has 0 unspecified atom stereocenters. The number of hydrogen-bond donors (Lipinski definition) is 2. The zero-order valence-corrected chi connectivity index (χ0v) is 24.6. The molecular weight excluding hydrogens is 562 g/mol. The summed E-state index contributed by atoms with van der Waals surface area (Å²) in [5.74, 6) is -1.57. The summed E-state index contributed by atoms with van der Waals surface area (Å²) in [6.45, 7) is 1.49. The Morgan fingerprint density at radius 1 is 0.683 bits per heavy atom. The van der Waals surface area contributed by atoms with Gasteiger partial charge in [0.25, 0.3) is 11.8 Å². The fourth-order valence-corrected chi connectivity index (χ4v) is 7.66. The number of carbonyl (C=O) groups is 4.